The second-order valence-electron chi connectivity index (χ2n) is 4.93. The van der Waals surface area contributed by atoms with Crippen LogP contribution in [0.3, 0.4) is 0 Å². The number of nitrogens with one attached hydrogen (secondary N) is 2. The lowest BCUT2D eigenvalue weighted by molar-refractivity contribution is -0.116. The van der Waals surface area contributed by atoms with Crippen molar-refractivity contribution in [2.45, 2.75) is 6.92 Å². The first-order valence-corrected chi connectivity index (χ1v) is 8.30. The SMILES string of the molecule is COCCNC(=O)c1ccc(C)c(NC(=O)C2=CSCCO2)c1. The van der Waals surface area contributed by atoms with E-state index in [0.29, 0.717) is 36.8 Å². The Balaban J connectivity index is 2.06. The summed E-state index contributed by atoms with van der Waals surface area (Å²) in [7, 11) is 1.58. The van der Waals surface area contributed by atoms with E-state index in [0.717, 1.165) is 11.3 Å². The van der Waals surface area contributed by atoms with Crippen LogP contribution in [0, 0.1) is 6.92 Å². The summed E-state index contributed by atoms with van der Waals surface area (Å²) in [6, 6.07) is 5.18. The van der Waals surface area contributed by atoms with E-state index in [-0.39, 0.29) is 11.8 Å². The van der Waals surface area contributed by atoms with Crippen molar-refractivity contribution in [3.63, 3.8) is 0 Å². The lowest BCUT2D eigenvalue weighted by Crippen LogP contribution is -2.27. The highest BCUT2D eigenvalue weighted by molar-refractivity contribution is 8.02. The maximum absolute atomic E-state index is 12.2. The number of thioether (sulfide) groups is 1. The van der Waals surface area contributed by atoms with Crippen LogP contribution in [0.2, 0.25) is 0 Å². The van der Waals surface area contributed by atoms with Crippen LogP contribution in [0.15, 0.2) is 29.4 Å². The van der Waals surface area contributed by atoms with E-state index >= 15 is 0 Å². The Morgan fingerprint density at radius 1 is 1.35 bits per heavy atom. The molecule has 6 nitrogen and oxygen atoms in total. The Morgan fingerprint density at radius 3 is 2.87 bits per heavy atom. The first-order valence-electron chi connectivity index (χ1n) is 7.25. The Bertz CT molecular complexity index is 616. The number of carbonyl (C=O) groups is 2. The summed E-state index contributed by atoms with van der Waals surface area (Å²) in [6.45, 7) is 3.27. The highest BCUT2D eigenvalue weighted by Crippen LogP contribution is 2.20. The minimum atomic E-state index is -0.308. The summed E-state index contributed by atoms with van der Waals surface area (Å²) in [4.78, 5) is 24.2. The van der Waals surface area contributed by atoms with Crippen LogP contribution in [0.25, 0.3) is 0 Å². The van der Waals surface area contributed by atoms with E-state index in [1.165, 1.54) is 0 Å². The smallest absolute Gasteiger partial charge is 0.291 e. The maximum Gasteiger partial charge on any atom is 0.291 e. The molecule has 0 aromatic heterocycles. The molecule has 1 aromatic carbocycles. The van der Waals surface area contributed by atoms with E-state index in [2.05, 4.69) is 10.6 Å². The van der Waals surface area contributed by atoms with Gasteiger partial charge >= 0.3 is 0 Å². The van der Waals surface area contributed by atoms with Crippen LogP contribution in [0.1, 0.15) is 15.9 Å². The zero-order valence-corrected chi connectivity index (χ0v) is 14.0. The number of aryl methyl sites for hydroxylation is 1. The Morgan fingerprint density at radius 2 is 2.17 bits per heavy atom. The standard InChI is InChI=1S/C16H20N2O4S/c1-11-3-4-12(15(19)17-5-6-21-2)9-13(11)18-16(20)14-10-23-8-7-22-14/h3-4,9-10H,5-8H2,1-2H3,(H,17,19)(H,18,20). The predicted molar refractivity (Wildman–Crippen MR) is 90.5 cm³/mol. The molecule has 0 spiro atoms. The maximum atomic E-state index is 12.2. The summed E-state index contributed by atoms with van der Waals surface area (Å²) in [5.41, 5.74) is 1.94. The number of anilines is 1. The first kappa shape index (κ1) is 17.4. The molecule has 7 heteroatoms. The zero-order valence-electron chi connectivity index (χ0n) is 13.2. The predicted octanol–water partition coefficient (Wildman–Crippen LogP) is 1.91. The van der Waals surface area contributed by atoms with Crippen LogP contribution >= 0.6 is 11.8 Å². The third kappa shape index (κ3) is 5.01. The van der Waals surface area contributed by atoms with Crippen LogP contribution in [-0.2, 0) is 14.3 Å². The summed E-state index contributed by atoms with van der Waals surface area (Å²) in [5, 5.41) is 7.24. The fourth-order valence-corrected chi connectivity index (χ4v) is 2.56. The topological polar surface area (TPSA) is 76.7 Å². The van der Waals surface area contributed by atoms with Gasteiger partial charge in [0.05, 0.1) is 13.2 Å². The van der Waals surface area contributed by atoms with Crippen molar-refractivity contribution >= 4 is 29.3 Å². The molecule has 1 aromatic rings. The molecule has 0 aliphatic carbocycles. The van der Waals surface area contributed by atoms with E-state index in [4.69, 9.17) is 9.47 Å². The number of ether oxygens (including phenoxy) is 2. The van der Waals surface area contributed by atoms with Gasteiger partial charge in [0, 0.05) is 36.1 Å². The highest BCUT2D eigenvalue weighted by atomic mass is 32.2. The largest absolute Gasteiger partial charge is 0.487 e. The van der Waals surface area contributed by atoms with E-state index < -0.39 is 0 Å². The molecule has 1 aliphatic rings. The summed E-state index contributed by atoms with van der Waals surface area (Å²) in [5.74, 6) is 0.626. The lowest BCUT2D eigenvalue weighted by Gasteiger charge is -2.15. The van der Waals surface area contributed by atoms with Gasteiger partial charge in [-0.2, -0.15) is 0 Å². The van der Waals surface area contributed by atoms with Gasteiger partial charge in [0.15, 0.2) is 5.76 Å². The van der Waals surface area contributed by atoms with Gasteiger partial charge in [-0.3, -0.25) is 9.59 Å². The second kappa shape index (κ2) is 8.59. The van der Waals surface area contributed by atoms with Crippen LogP contribution in [0.4, 0.5) is 5.69 Å². The van der Waals surface area contributed by atoms with Crippen molar-refractivity contribution in [1.29, 1.82) is 0 Å². The fourth-order valence-electron chi connectivity index (χ4n) is 1.94. The van der Waals surface area contributed by atoms with Gasteiger partial charge < -0.3 is 20.1 Å². The number of hydrogen-bond acceptors (Lipinski definition) is 5. The molecule has 0 saturated carbocycles. The van der Waals surface area contributed by atoms with Crippen molar-refractivity contribution in [3.8, 4) is 0 Å². The zero-order chi connectivity index (χ0) is 16.7. The van der Waals surface area contributed by atoms with Gasteiger partial charge in [-0.15, -0.1) is 11.8 Å². The number of rotatable bonds is 6. The number of benzene rings is 1. The molecule has 2 rings (SSSR count). The molecule has 0 radical (unpaired) electrons. The molecular formula is C16H20N2O4S. The third-order valence-corrected chi connectivity index (χ3v) is 4.00. The highest BCUT2D eigenvalue weighted by Gasteiger charge is 2.16. The third-order valence-electron chi connectivity index (χ3n) is 3.21. The molecule has 1 aliphatic heterocycles. The minimum absolute atomic E-state index is 0.207. The second-order valence-corrected chi connectivity index (χ2v) is 5.91. The summed E-state index contributed by atoms with van der Waals surface area (Å²) in [6.07, 6.45) is 0. The summed E-state index contributed by atoms with van der Waals surface area (Å²) >= 11 is 1.54. The van der Waals surface area contributed by atoms with Gasteiger partial charge in [0.2, 0.25) is 0 Å². The van der Waals surface area contributed by atoms with Crippen molar-refractivity contribution in [1.82, 2.24) is 5.32 Å². The normalized spacial score (nSPS) is 13.7. The fraction of sp³-hybridized carbons (Fsp3) is 0.375. The van der Waals surface area contributed by atoms with E-state index in [1.807, 2.05) is 6.92 Å². The Hall–Kier alpha value is -1.99. The molecule has 0 atom stereocenters. The van der Waals surface area contributed by atoms with Crippen LogP contribution < -0.4 is 10.6 Å². The molecule has 1 heterocycles. The van der Waals surface area contributed by atoms with Gasteiger partial charge in [-0.05, 0) is 24.6 Å². The molecule has 124 valence electrons. The van der Waals surface area contributed by atoms with Gasteiger partial charge in [0.1, 0.15) is 0 Å². The molecular weight excluding hydrogens is 316 g/mol. The minimum Gasteiger partial charge on any atom is -0.487 e. The van der Waals surface area contributed by atoms with Gasteiger partial charge in [-0.1, -0.05) is 6.07 Å². The number of amides is 2. The van der Waals surface area contributed by atoms with Gasteiger partial charge in [-0.25, -0.2) is 0 Å². The van der Waals surface area contributed by atoms with E-state index in [9.17, 15) is 9.59 Å². The molecule has 2 amide bonds. The van der Waals surface area contributed by atoms with Crippen molar-refractivity contribution in [3.05, 3.63) is 40.5 Å². The lowest BCUT2D eigenvalue weighted by atomic mass is 10.1. The molecule has 23 heavy (non-hydrogen) atoms. The number of carbonyl (C=O) groups excluding carboxylic acids is 2. The van der Waals surface area contributed by atoms with Crippen molar-refractivity contribution in [2.24, 2.45) is 0 Å². The van der Waals surface area contributed by atoms with Gasteiger partial charge in [0.25, 0.3) is 11.8 Å². The molecule has 2 N–H and O–H groups in total. The Kier molecular flexibility index (Phi) is 6.49. The van der Waals surface area contributed by atoms with Crippen LogP contribution in [-0.4, -0.2) is 44.4 Å². The molecule has 0 saturated heterocycles. The average Bonchev–Trinajstić information content (AvgIpc) is 2.57. The van der Waals surface area contributed by atoms with Crippen molar-refractivity contribution < 1.29 is 19.1 Å². The molecule has 0 unspecified atom stereocenters. The summed E-state index contributed by atoms with van der Waals surface area (Å²) < 4.78 is 10.2. The number of hydrogen-bond donors (Lipinski definition) is 2. The monoisotopic (exact) mass is 336 g/mol. The Labute approximate surface area is 139 Å². The quantitative estimate of drug-likeness (QED) is 0.776. The van der Waals surface area contributed by atoms with Crippen LogP contribution in [0.5, 0.6) is 0 Å². The first-order chi connectivity index (χ1) is 11.1. The van der Waals surface area contributed by atoms with Crippen molar-refractivity contribution in [2.75, 3.05) is 37.9 Å². The van der Waals surface area contributed by atoms with E-state index in [1.54, 1.807) is 42.5 Å². The average molecular weight is 336 g/mol. The molecule has 0 bridgehead atoms. The molecule has 0 fully saturated rings. The number of methoxy groups -OCH3 is 1.